The van der Waals surface area contributed by atoms with Crippen LogP contribution in [0.3, 0.4) is 0 Å². The second-order valence-corrected chi connectivity index (χ2v) is 10.4. The molecule has 184 valence electrons. The Kier molecular flexibility index (Phi) is 6.03. The van der Waals surface area contributed by atoms with Gasteiger partial charge >= 0.3 is 12.1 Å². The molecule has 5 rings (SSSR count). The molecule has 2 unspecified atom stereocenters. The number of carbonyl (C=O) groups excluding carboxylic acids is 2. The number of ether oxygens (including phenoxy) is 1. The third kappa shape index (κ3) is 4.07. The highest BCUT2D eigenvalue weighted by molar-refractivity contribution is 5.94. The fourth-order valence-electron chi connectivity index (χ4n) is 6.03. The fraction of sp³-hybridized carbons (Fsp3) is 0.464. The summed E-state index contributed by atoms with van der Waals surface area (Å²) < 4.78 is 5.66. The summed E-state index contributed by atoms with van der Waals surface area (Å²) in [6.45, 7) is 4.52. The van der Waals surface area contributed by atoms with E-state index in [1.54, 1.807) is 0 Å². The van der Waals surface area contributed by atoms with Crippen LogP contribution in [0.4, 0.5) is 4.79 Å². The molecule has 3 atom stereocenters. The highest BCUT2D eigenvalue weighted by Crippen LogP contribution is 2.54. The number of piperidine rings is 1. The van der Waals surface area contributed by atoms with Crippen molar-refractivity contribution < 1.29 is 24.2 Å². The number of likely N-dealkylation sites (tertiary alicyclic amines) is 1. The molecule has 7 heteroatoms. The molecule has 0 bridgehead atoms. The van der Waals surface area contributed by atoms with Crippen LogP contribution < -0.4 is 5.32 Å². The van der Waals surface area contributed by atoms with E-state index < -0.39 is 23.6 Å². The van der Waals surface area contributed by atoms with E-state index in [0.717, 1.165) is 35.1 Å². The Labute approximate surface area is 205 Å². The molecule has 2 aromatic carbocycles. The number of fused-ring (bicyclic) bond motifs is 4. The third-order valence-corrected chi connectivity index (χ3v) is 7.77. The first-order valence-electron chi connectivity index (χ1n) is 12.5. The largest absolute Gasteiger partial charge is 0.479 e. The van der Waals surface area contributed by atoms with Crippen molar-refractivity contribution >= 4 is 18.0 Å². The fourth-order valence-corrected chi connectivity index (χ4v) is 6.03. The van der Waals surface area contributed by atoms with Crippen LogP contribution >= 0.6 is 0 Å². The van der Waals surface area contributed by atoms with Crippen LogP contribution in [0.5, 0.6) is 0 Å². The zero-order valence-corrected chi connectivity index (χ0v) is 20.2. The number of carbonyl (C=O) groups is 3. The van der Waals surface area contributed by atoms with E-state index in [1.807, 2.05) is 38.1 Å². The van der Waals surface area contributed by atoms with Crippen LogP contribution in [0.15, 0.2) is 48.5 Å². The molecule has 2 amide bonds. The third-order valence-electron chi connectivity index (χ3n) is 7.77. The van der Waals surface area contributed by atoms with Crippen molar-refractivity contribution in [1.29, 1.82) is 0 Å². The molecule has 1 saturated heterocycles. The van der Waals surface area contributed by atoms with E-state index >= 15 is 0 Å². The highest BCUT2D eigenvalue weighted by atomic mass is 16.5. The Morgan fingerprint density at radius 1 is 1.09 bits per heavy atom. The van der Waals surface area contributed by atoms with Crippen molar-refractivity contribution in [3.05, 3.63) is 59.7 Å². The molecule has 35 heavy (non-hydrogen) atoms. The van der Waals surface area contributed by atoms with Gasteiger partial charge in [-0.3, -0.25) is 4.79 Å². The monoisotopic (exact) mass is 476 g/mol. The quantitative estimate of drug-likeness (QED) is 0.617. The van der Waals surface area contributed by atoms with Gasteiger partial charge in [-0.2, -0.15) is 0 Å². The molecule has 0 spiro atoms. The molecule has 0 aromatic heterocycles. The predicted octanol–water partition coefficient (Wildman–Crippen LogP) is 4.41. The summed E-state index contributed by atoms with van der Waals surface area (Å²) in [5.41, 5.74) is 3.43. The minimum Gasteiger partial charge on any atom is -0.479 e. The zero-order chi connectivity index (χ0) is 24.7. The maximum atomic E-state index is 13.5. The molecule has 2 N–H and O–H groups in total. The van der Waals surface area contributed by atoms with Crippen molar-refractivity contribution in [3.63, 3.8) is 0 Å². The van der Waals surface area contributed by atoms with Crippen molar-refractivity contribution in [2.75, 3.05) is 13.2 Å². The van der Waals surface area contributed by atoms with Gasteiger partial charge in [0.05, 0.1) is 0 Å². The Hall–Kier alpha value is -3.35. The number of carboxylic acid groups (broad SMARTS) is 1. The second kappa shape index (κ2) is 9.02. The summed E-state index contributed by atoms with van der Waals surface area (Å²) in [4.78, 5) is 39.9. The first-order chi connectivity index (χ1) is 16.8. The molecule has 1 aliphatic heterocycles. The molecular weight excluding hydrogens is 444 g/mol. The van der Waals surface area contributed by atoms with Gasteiger partial charge in [0.25, 0.3) is 0 Å². The number of rotatable bonds is 7. The van der Waals surface area contributed by atoms with E-state index in [4.69, 9.17) is 4.74 Å². The van der Waals surface area contributed by atoms with E-state index in [9.17, 15) is 19.5 Å². The Morgan fingerprint density at radius 3 is 2.31 bits per heavy atom. The molecular formula is C28H32N2O5. The maximum absolute atomic E-state index is 13.5. The van der Waals surface area contributed by atoms with Gasteiger partial charge in [0.15, 0.2) is 0 Å². The van der Waals surface area contributed by atoms with Gasteiger partial charge < -0.3 is 20.1 Å². The lowest BCUT2D eigenvalue weighted by Gasteiger charge is -2.36. The van der Waals surface area contributed by atoms with Crippen molar-refractivity contribution in [1.82, 2.24) is 10.2 Å². The molecule has 2 aliphatic carbocycles. The van der Waals surface area contributed by atoms with Crippen LogP contribution in [-0.2, 0) is 14.3 Å². The van der Waals surface area contributed by atoms with Gasteiger partial charge in [0.1, 0.15) is 18.2 Å². The predicted molar refractivity (Wildman–Crippen MR) is 131 cm³/mol. The van der Waals surface area contributed by atoms with Gasteiger partial charge in [0.2, 0.25) is 5.91 Å². The normalized spacial score (nSPS) is 23.2. The Bertz CT molecular complexity index is 1120. The van der Waals surface area contributed by atoms with Crippen molar-refractivity contribution in [3.8, 4) is 11.1 Å². The molecule has 1 saturated carbocycles. The van der Waals surface area contributed by atoms with Crippen LogP contribution in [0, 0.1) is 11.8 Å². The zero-order valence-electron chi connectivity index (χ0n) is 20.2. The number of nitrogens with zero attached hydrogens (tertiary/aromatic N) is 1. The Morgan fingerprint density at radius 2 is 1.71 bits per heavy atom. The smallest absolute Gasteiger partial charge is 0.407 e. The van der Waals surface area contributed by atoms with E-state index in [-0.39, 0.29) is 30.3 Å². The van der Waals surface area contributed by atoms with Gasteiger partial charge in [-0.1, -0.05) is 62.4 Å². The molecule has 2 fully saturated rings. The number of hydrogen-bond acceptors (Lipinski definition) is 4. The van der Waals surface area contributed by atoms with Crippen LogP contribution in [-0.4, -0.2) is 52.7 Å². The minimum absolute atomic E-state index is 0.00635. The SMILES string of the molecule is CC(C)C[C@H](NC(=O)OCC1c2ccccc2-c2ccccc21)C(=O)N1CCCC2CC21C(=O)O. The van der Waals surface area contributed by atoms with E-state index in [1.165, 1.54) is 4.90 Å². The topological polar surface area (TPSA) is 95.9 Å². The average Bonchev–Trinajstić information content (AvgIpc) is 3.53. The van der Waals surface area contributed by atoms with Crippen LogP contribution in [0.25, 0.3) is 11.1 Å². The number of alkyl carbamates (subject to hydrolysis) is 1. The van der Waals surface area contributed by atoms with Gasteiger partial charge in [-0.05, 0) is 59.8 Å². The standard InChI is InChI=1S/C28H32N2O5/c1-17(2)14-24(25(31)30-13-7-8-18-15-28(18,30)26(32)33)29-27(34)35-16-23-21-11-5-3-9-19(21)20-10-4-6-12-22(20)23/h3-6,9-12,17-18,23-24H,7-8,13-16H2,1-2H3,(H,29,34)(H,32,33)/t18?,24-,28?/m0/s1. The molecule has 2 aromatic rings. The van der Waals surface area contributed by atoms with E-state index in [2.05, 4.69) is 29.6 Å². The number of amides is 2. The summed E-state index contributed by atoms with van der Waals surface area (Å²) in [7, 11) is 0. The van der Waals surface area contributed by atoms with Crippen LogP contribution in [0.1, 0.15) is 56.6 Å². The van der Waals surface area contributed by atoms with Crippen molar-refractivity contribution in [2.24, 2.45) is 11.8 Å². The number of aliphatic carboxylic acids is 1. The summed E-state index contributed by atoms with van der Waals surface area (Å²) in [6, 6.07) is 15.4. The van der Waals surface area contributed by atoms with Gasteiger partial charge in [0, 0.05) is 12.5 Å². The molecule has 7 nitrogen and oxygen atoms in total. The van der Waals surface area contributed by atoms with Crippen LogP contribution in [0.2, 0.25) is 0 Å². The van der Waals surface area contributed by atoms with Crippen molar-refractivity contribution in [2.45, 2.75) is 57.0 Å². The summed E-state index contributed by atoms with van der Waals surface area (Å²) in [5.74, 6) is -1.20. The lowest BCUT2D eigenvalue weighted by Crippen LogP contribution is -2.57. The first-order valence-corrected chi connectivity index (χ1v) is 12.5. The summed E-state index contributed by atoms with van der Waals surface area (Å²) in [5, 5.41) is 12.6. The lowest BCUT2D eigenvalue weighted by molar-refractivity contribution is -0.155. The molecule has 1 heterocycles. The highest BCUT2D eigenvalue weighted by Gasteiger charge is 2.67. The maximum Gasteiger partial charge on any atom is 0.407 e. The Balaban J connectivity index is 1.29. The summed E-state index contributed by atoms with van der Waals surface area (Å²) in [6.07, 6.45) is 1.86. The number of benzene rings is 2. The average molecular weight is 477 g/mol. The number of hydrogen-bond donors (Lipinski definition) is 2. The lowest BCUT2D eigenvalue weighted by atomic mass is 9.97. The first kappa shape index (κ1) is 23.4. The molecule has 0 radical (unpaired) electrons. The van der Waals surface area contributed by atoms with Gasteiger partial charge in [-0.15, -0.1) is 0 Å². The number of carboxylic acids is 1. The van der Waals surface area contributed by atoms with E-state index in [0.29, 0.717) is 19.4 Å². The molecule has 3 aliphatic rings. The second-order valence-electron chi connectivity index (χ2n) is 10.4. The van der Waals surface area contributed by atoms with Gasteiger partial charge in [-0.25, -0.2) is 9.59 Å². The summed E-state index contributed by atoms with van der Waals surface area (Å²) >= 11 is 0. The number of nitrogens with one attached hydrogen (secondary N) is 1. The minimum atomic E-state index is -1.10.